The molecule has 6 nitrogen and oxygen atoms in total. The highest BCUT2D eigenvalue weighted by molar-refractivity contribution is 8.26. The molecule has 1 amide bonds. The van der Waals surface area contributed by atoms with Crippen LogP contribution in [0.4, 0.5) is 4.39 Å². The maximum absolute atomic E-state index is 13.3. The molecule has 2 aliphatic heterocycles. The van der Waals surface area contributed by atoms with Crippen LogP contribution in [-0.4, -0.2) is 38.1 Å². The Morgan fingerprint density at radius 2 is 1.76 bits per heavy atom. The van der Waals surface area contributed by atoms with Crippen LogP contribution < -0.4 is 9.47 Å². The number of amides is 1. The van der Waals surface area contributed by atoms with Crippen LogP contribution in [0.5, 0.6) is 11.5 Å². The molecule has 0 atom stereocenters. The van der Waals surface area contributed by atoms with Gasteiger partial charge in [0.05, 0.1) is 17.1 Å². The summed E-state index contributed by atoms with van der Waals surface area (Å²) in [4.78, 5) is 15.4. The van der Waals surface area contributed by atoms with Gasteiger partial charge in [0, 0.05) is 17.3 Å². The zero-order valence-corrected chi connectivity index (χ0v) is 21.1. The Labute approximate surface area is 222 Å². The molecule has 0 saturated carbocycles. The topological polar surface area (TPSA) is 56.6 Å². The van der Waals surface area contributed by atoms with E-state index in [2.05, 4.69) is 0 Å². The summed E-state index contributed by atoms with van der Waals surface area (Å²) in [6.45, 7) is 1.28. The third-order valence-corrected chi connectivity index (χ3v) is 7.37. The van der Waals surface area contributed by atoms with Gasteiger partial charge in [0.1, 0.15) is 29.0 Å². The first-order chi connectivity index (χ1) is 18.0. The van der Waals surface area contributed by atoms with E-state index in [-0.39, 0.29) is 18.3 Å². The van der Waals surface area contributed by atoms with Crippen LogP contribution in [0.2, 0.25) is 0 Å². The number of para-hydroxylation sites is 1. The molecule has 9 heteroatoms. The van der Waals surface area contributed by atoms with Crippen LogP contribution in [0.15, 0.2) is 83.9 Å². The highest BCUT2D eigenvalue weighted by Gasteiger charge is 2.32. The number of fused-ring (bicyclic) bond motifs is 1. The average Bonchev–Trinajstić information content (AvgIpc) is 3.46. The van der Waals surface area contributed by atoms with E-state index in [0.717, 1.165) is 22.4 Å². The lowest BCUT2D eigenvalue weighted by Gasteiger charge is -2.18. The third-order valence-electron chi connectivity index (χ3n) is 5.99. The van der Waals surface area contributed by atoms with Crippen LogP contribution >= 0.6 is 24.0 Å². The van der Waals surface area contributed by atoms with Crippen molar-refractivity contribution >= 4 is 40.3 Å². The zero-order chi connectivity index (χ0) is 25.4. The number of halogens is 1. The number of nitrogens with zero attached hydrogens (tertiary/aromatic N) is 3. The van der Waals surface area contributed by atoms with Crippen molar-refractivity contribution in [3.63, 3.8) is 0 Å². The van der Waals surface area contributed by atoms with Crippen molar-refractivity contribution in [3.8, 4) is 28.4 Å². The average molecular weight is 530 g/mol. The van der Waals surface area contributed by atoms with Crippen molar-refractivity contribution in [2.45, 2.75) is 6.54 Å². The highest BCUT2D eigenvalue weighted by Crippen LogP contribution is 2.38. The molecule has 1 aromatic heterocycles. The summed E-state index contributed by atoms with van der Waals surface area (Å²) >= 11 is 6.76. The van der Waals surface area contributed by atoms with Gasteiger partial charge in [-0.05, 0) is 54.1 Å². The van der Waals surface area contributed by atoms with E-state index < -0.39 is 0 Å². The number of thioether (sulfide) groups is 1. The molecule has 4 aromatic rings. The summed E-state index contributed by atoms with van der Waals surface area (Å²) in [7, 11) is 0. The van der Waals surface area contributed by atoms with E-state index in [1.165, 1.54) is 28.8 Å². The molecule has 1 saturated heterocycles. The van der Waals surface area contributed by atoms with Crippen molar-refractivity contribution in [1.29, 1.82) is 0 Å². The summed E-state index contributed by atoms with van der Waals surface area (Å²) in [6, 6.07) is 21.5. The summed E-state index contributed by atoms with van der Waals surface area (Å²) in [5, 5.41) is 4.85. The van der Waals surface area contributed by atoms with Gasteiger partial charge in [-0.15, -0.1) is 0 Å². The van der Waals surface area contributed by atoms with E-state index >= 15 is 0 Å². The molecule has 3 aromatic carbocycles. The first-order valence-corrected chi connectivity index (χ1v) is 12.8. The minimum atomic E-state index is -0.323. The molecular formula is C28H20FN3O3S2. The van der Waals surface area contributed by atoms with Crippen LogP contribution in [-0.2, 0) is 11.3 Å². The number of hydrogen-bond donors (Lipinski definition) is 0. The molecule has 0 radical (unpaired) electrons. The largest absolute Gasteiger partial charge is 0.486 e. The maximum Gasteiger partial charge on any atom is 0.266 e. The number of carbonyl (C=O) groups is 1. The van der Waals surface area contributed by atoms with Gasteiger partial charge in [-0.25, -0.2) is 9.07 Å². The molecule has 0 unspecified atom stereocenters. The van der Waals surface area contributed by atoms with Crippen LogP contribution in [0.25, 0.3) is 23.0 Å². The summed E-state index contributed by atoms with van der Waals surface area (Å²) in [5.41, 5.74) is 4.00. The smallest absolute Gasteiger partial charge is 0.266 e. The second kappa shape index (κ2) is 9.84. The van der Waals surface area contributed by atoms with Gasteiger partial charge in [-0.1, -0.05) is 54.3 Å². The quantitative estimate of drug-likeness (QED) is 0.239. The fourth-order valence-corrected chi connectivity index (χ4v) is 5.42. The van der Waals surface area contributed by atoms with Gasteiger partial charge in [0.15, 0.2) is 11.5 Å². The molecule has 0 spiro atoms. The van der Waals surface area contributed by atoms with Gasteiger partial charge in [0.2, 0.25) is 0 Å². The molecule has 0 N–H and O–H groups in total. The lowest BCUT2D eigenvalue weighted by Crippen LogP contribution is -2.27. The van der Waals surface area contributed by atoms with Gasteiger partial charge >= 0.3 is 0 Å². The molecule has 184 valence electrons. The first kappa shape index (κ1) is 23.4. The third kappa shape index (κ3) is 4.75. The van der Waals surface area contributed by atoms with Gasteiger partial charge in [-0.3, -0.25) is 9.69 Å². The fourth-order valence-electron chi connectivity index (χ4n) is 4.17. The Morgan fingerprint density at radius 3 is 2.54 bits per heavy atom. The van der Waals surface area contributed by atoms with E-state index in [0.29, 0.717) is 39.6 Å². The summed E-state index contributed by atoms with van der Waals surface area (Å²) < 4.78 is 27.0. The fraction of sp³-hybridized carbons (Fsp3) is 0.107. The van der Waals surface area contributed by atoms with E-state index in [9.17, 15) is 9.18 Å². The predicted molar refractivity (Wildman–Crippen MR) is 145 cm³/mol. The number of benzene rings is 3. The SMILES string of the molecule is O=C1/C(=C/c2cn(-c3ccccc3)nc2-c2ccc3c(c2)OCCO3)SC(=S)N1Cc1ccc(F)cc1. The molecule has 0 aliphatic carbocycles. The monoisotopic (exact) mass is 529 g/mol. The highest BCUT2D eigenvalue weighted by atomic mass is 32.2. The lowest BCUT2D eigenvalue weighted by molar-refractivity contribution is -0.122. The number of rotatable bonds is 5. The van der Waals surface area contributed by atoms with Crippen LogP contribution in [0.3, 0.4) is 0 Å². The molecular weight excluding hydrogens is 509 g/mol. The van der Waals surface area contributed by atoms with Gasteiger partial charge < -0.3 is 9.47 Å². The van der Waals surface area contributed by atoms with Gasteiger partial charge in [0.25, 0.3) is 5.91 Å². The second-order valence-electron chi connectivity index (χ2n) is 8.47. The van der Waals surface area contributed by atoms with Crippen LogP contribution in [0, 0.1) is 5.82 Å². The molecule has 6 rings (SSSR count). The number of ether oxygens (including phenoxy) is 2. The molecule has 2 aliphatic rings. The molecule has 1 fully saturated rings. The van der Waals surface area contributed by atoms with E-state index in [1.807, 2.05) is 60.8 Å². The normalized spacial score (nSPS) is 16.0. The molecule has 3 heterocycles. The summed E-state index contributed by atoms with van der Waals surface area (Å²) in [6.07, 6.45) is 3.72. The Hall–Kier alpha value is -3.95. The number of aromatic nitrogens is 2. The molecule has 0 bridgehead atoms. The van der Waals surface area contributed by atoms with Crippen molar-refractivity contribution in [1.82, 2.24) is 14.7 Å². The second-order valence-corrected chi connectivity index (χ2v) is 10.1. The summed E-state index contributed by atoms with van der Waals surface area (Å²) in [5.74, 6) is 0.839. The number of carbonyl (C=O) groups excluding carboxylic acids is 1. The van der Waals surface area contributed by atoms with Gasteiger partial charge in [-0.2, -0.15) is 5.10 Å². The molecule has 37 heavy (non-hydrogen) atoms. The first-order valence-electron chi connectivity index (χ1n) is 11.6. The standard InChI is InChI=1S/C28H20FN3O3S2/c29-21-9-6-18(7-10-21)16-31-27(33)25(37-28(31)36)15-20-17-32(22-4-2-1-3-5-22)30-26(20)19-8-11-23-24(14-19)35-13-12-34-23/h1-11,14-15,17H,12-13,16H2/b25-15-. The van der Waals surface area contributed by atoms with Crippen LogP contribution in [0.1, 0.15) is 11.1 Å². The Kier molecular flexibility index (Phi) is 6.23. The number of thiocarbonyl (C=S) groups is 1. The minimum Gasteiger partial charge on any atom is -0.486 e. The van der Waals surface area contributed by atoms with E-state index in [1.54, 1.807) is 16.8 Å². The Balaban J connectivity index is 1.37. The zero-order valence-electron chi connectivity index (χ0n) is 19.5. The van der Waals surface area contributed by atoms with Crippen molar-refractivity contribution < 1.29 is 18.7 Å². The lowest BCUT2D eigenvalue weighted by atomic mass is 10.1. The Morgan fingerprint density at radius 1 is 1.00 bits per heavy atom. The number of hydrogen-bond acceptors (Lipinski definition) is 6. The van der Waals surface area contributed by atoms with Crippen molar-refractivity contribution in [2.24, 2.45) is 0 Å². The van der Waals surface area contributed by atoms with E-state index in [4.69, 9.17) is 26.8 Å². The maximum atomic E-state index is 13.3. The Bertz CT molecular complexity index is 1530. The van der Waals surface area contributed by atoms with Crippen molar-refractivity contribution in [3.05, 3.63) is 101 Å². The predicted octanol–water partition coefficient (Wildman–Crippen LogP) is 5.85. The van der Waals surface area contributed by atoms with Crippen molar-refractivity contribution in [2.75, 3.05) is 13.2 Å². The minimum absolute atomic E-state index is 0.195.